The molecule has 0 bridgehead atoms. The van der Waals surface area contributed by atoms with E-state index in [1.54, 1.807) is 6.07 Å². The first-order chi connectivity index (χ1) is 11.1. The van der Waals surface area contributed by atoms with Crippen molar-refractivity contribution in [3.63, 3.8) is 0 Å². The van der Waals surface area contributed by atoms with Gasteiger partial charge in [-0.3, -0.25) is 0 Å². The maximum atomic E-state index is 13.0. The van der Waals surface area contributed by atoms with Crippen LogP contribution < -0.4 is 5.73 Å². The lowest BCUT2D eigenvalue weighted by Gasteiger charge is -2.32. The number of hydrogen-bond acceptors (Lipinski definition) is 2. The highest BCUT2D eigenvalue weighted by Gasteiger charge is 2.34. The van der Waals surface area contributed by atoms with E-state index in [-0.39, 0.29) is 6.42 Å². The summed E-state index contributed by atoms with van der Waals surface area (Å²) in [7, 11) is 0. The van der Waals surface area contributed by atoms with Gasteiger partial charge in [0.25, 0.3) is 0 Å². The fraction of sp³-hybridized carbons (Fsp3) is 0.368. The van der Waals surface area contributed by atoms with E-state index < -0.39 is 23.4 Å². The number of aliphatic hydroxyl groups is 1. The zero-order valence-corrected chi connectivity index (χ0v) is 13.8. The summed E-state index contributed by atoms with van der Waals surface area (Å²) in [5.41, 5.74) is 6.77. The number of nitrogens with two attached hydrogens (primary N) is 1. The third kappa shape index (κ3) is 4.36. The van der Waals surface area contributed by atoms with Crippen LogP contribution in [0.2, 0.25) is 0 Å². The average Bonchev–Trinajstić information content (AvgIpc) is 2.48. The molecule has 130 valence electrons. The van der Waals surface area contributed by atoms with Gasteiger partial charge in [-0.2, -0.15) is 13.2 Å². The Labute approximate surface area is 140 Å². The van der Waals surface area contributed by atoms with Crippen molar-refractivity contribution < 1.29 is 18.3 Å². The van der Waals surface area contributed by atoms with Crippen molar-refractivity contribution in [2.45, 2.75) is 44.5 Å². The molecule has 0 radical (unpaired) electrons. The minimum absolute atomic E-state index is 0.169. The molecule has 0 fully saturated rings. The average molecular weight is 337 g/mol. The summed E-state index contributed by atoms with van der Waals surface area (Å²) in [5, 5.41) is 9.68. The molecular formula is C19H22F3NO. The lowest BCUT2D eigenvalue weighted by Crippen LogP contribution is -2.34. The zero-order chi connectivity index (χ0) is 18.0. The van der Waals surface area contributed by atoms with Crippen LogP contribution in [0.1, 0.15) is 35.6 Å². The Morgan fingerprint density at radius 1 is 1.04 bits per heavy atom. The van der Waals surface area contributed by atoms with Gasteiger partial charge in [-0.25, -0.2) is 0 Å². The number of halogens is 3. The normalized spacial score (nSPS) is 15.8. The molecule has 24 heavy (non-hydrogen) atoms. The SMILES string of the molecule is Cc1ccccc1CC(C)(C[C@H](N)O)c1cccc(C(F)(F)F)c1. The predicted molar refractivity (Wildman–Crippen MR) is 88.5 cm³/mol. The third-order valence-electron chi connectivity index (χ3n) is 4.39. The molecule has 0 aliphatic carbocycles. The molecule has 2 aromatic rings. The van der Waals surface area contributed by atoms with Crippen LogP contribution in [0.3, 0.4) is 0 Å². The molecule has 0 amide bonds. The quantitative estimate of drug-likeness (QED) is 0.804. The van der Waals surface area contributed by atoms with Crippen molar-refractivity contribution in [3.05, 3.63) is 70.8 Å². The van der Waals surface area contributed by atoms with Gasteiger partial charge in [-0.05, 0) is 42.5 Å². The molecule has 2 atom stereocenters. The second-order valence-corrected chi connectivity index (χ2v) is 6.51. The van der Waals surface area contributed by atoms with Crippen molar-refractivity contribution in [1.29, 1.82) is 0 Å². The topological polar surface area (TPSA) is 46.2 Å². The molecule has 2 rings (SSSR count). The highest BCUT2D eigenvalue weighted by atomic mass is 19.4. The molecule has 0 saturated heterocycles. The van der Waals surface area contributed by atoms with Crippen LogP contribution in [0.25, 0.3) is 0 Å². The molecule has 0 aliphatic rings. The minimum Gasteiger partial charge on any atom is -0.379 e. The Hall–Kier alpha value is -1.85. The summed E-state index contributed by atoms with van der Waals surface area (Å²) in [6.45, 7) is 3.80. The smallest absolute Gasteiger partial charge is 0.379 e. The van der Waals surface area contributed by atoms with Gasteiger partial charge in [0.2, 0.25) is 0 Å². The van der Waals surface area contributed by atoms with Crippen molar-refractivity contribution in [2.24, 2.45) is 5.73 Å². The van der Waals surface area contributed by atoms with Crippen LogP contribution >= 0.6 is 0 Å². The maximum Gasteiger partial charge on any atom is 0.416 e. The second-order valence-electron chi connectivity index (χ2n) is 6.51. The Morgan fingerprint density at radius 2 is 1.67 bits per heavy atom. The second kappa shape index (κ2) is 6.95. The van der Waals surface area contributed by atoms with Gasteiger partial charge in [0.15, 0.2) is 0 Å². The number of aliphatic hydroxyl groups excluding tert-OH is 1. The van der Waals surface area contributed by atoms with Crippen LogP contribution in [0.5, 0.6) is 0 Å². The van der Waals surface area contributed by atoms with E-state index in [0.29, 0.717) is 12.0 Å². The van der Waals surface area contributed by atoms with E-state index in [1.165, 1.54) is 6.07 Å². The number of hydrogen-bond donors (Lipinski definition) is 2. The summed E-state index contributed by atoms with van der Waals surface area (Å²) in [5.74, 6) is 0. The monoisotopic (exact) mass is 337 g/mol. The van der Waals surface area contributed by atoms with Gasteiger partial charge in [-0.1, -0.05) is 49.4 Å². The lowest BCUT2D eigenvalue weighted by molar-refractivity contribution is -0.137. The summed E-state index contributed by atoms with van der Waals surface area (Å²) < 4.78 is 39.1. The zero-order valence-electron chi connectivity index (χ0n) is 13.8. The van der Waals surface area contributed by atoms with Crippen LogP contribution in [-0.2, 0) is 18.0 Å². The maximum absolute atomic E-state index is 13.0. The van der Waals surface area contributed by atoms with E-state index in [1.807, 2.05) is 38.1 Å². The van der Waals surface area contributed by atoms with Gasteiger partial charge >= 0.3 is 6.18 Å². The summed E-state index contributed by atoms with van der Waals surface area (Å²) in [4.78, 5) is 0. The first-order valence-corrected chi connectivity index (χ1v) is 7.78. The third-order valence-corrected chi connectivity index (χ3v) is 4.39. The lowest BCUT2D eigenvalue weighted by atomic mass is 9.73. The molecule has 1 unspecified atom stereocenters. The van der Waals surface area contributed by atoms with Crippen molar-refractivity contribution in [2.75, 3.05) is 0 Å². The largest absolute Gasteiger partial charge is 0.416 e. The van der Waals surface area contributed by atoms with E-state index in [2.05, 4.69) is 0 Å². The predicted octanol–water partition coefficient (Wildman–Crippen LogP) is 4.18. The van der Waals surface area contributed by atoms with Crippen molar-refractivity contribution in [1.82, 2.24) is 0 Å². The van der Waals surface area contributed by atoms with Crippen molar-refractivity contribution in [3.8, 4) is 0 Å². The number of benzene rings is 2. The van der Waals surface area contributed by atoms with E-state index in [9.17, 15) is 18.3 Å². The molecule has 0 saturated carbocycles. The van der Waals surface area contributed by atoms with Gasteiger partial charge in [0.05, 0.1) is 5.56 Å². The Morgan fingerprint density at radius 3 is 2.25 bits per heavy atom. The Bertz CT molecular complexity index is 697. The number of rotatable bonds is 5. The fourth-order valence-electron chi connectivity index (χ4n) is 3.05. The van der Waals surface area contributed by atoms with Gasteiger partial charge in [0.1, 0.15) is 6.23 Å². The summed E-state index contributed by atoms with van der Waals surface area (Å²) in [6.07, 6.45) is -4.84. The molecule has 0 spiro atoms. The van der Waals surface area contributed by atoms with Crippen LogP contribution in [0, 0.1) is 6.92 Å². The summed E-state index contributed by atoms with van der Waals surface area (Å²) in [6, 6.07) is 13.0. The Balaban J connectivity index is 2.46. The highest BCUT2D eigenvalue weighted by Crippen LogP contribution is 2.37. The first kappa shape index (κ1) is 18.5. The molecule has 2 nitrogen and oxygen atoms in total. The molecule has 0 heterocycles. The standard InChI is InChI=1S/C19H22F3NO/c1-13-6-3-4-7-14(13)11-18(2,12-17(23)24)15-8-5-9-16(10-15)19(20,21)22/h3-10,17,24H,11-12,23H2,1-2H3/t17-,18?/m1/s1. The van der Waals surface area contributed by atoms with Crippen LogP contribution in [-0.4, -0.2) is 11.3 Å². The van der Waals surface area contributed by atoms with Gasteiger partial charge in [-0.15, -0.1) is 0 Å². The van der Waals surface area contributed by atoms with Crippen LogP contribution in [0.4, 0.5) is 13.2 Å². The van der Waals surface area contributed by atoms with Crippen LogP contribution in [0.15, 0.2) is 48.5 Å². The van der Waals surface area contributed by atoms with Gasteiger partial charge < -0.3 is 10.8 Å². The molecule has 5 heteroatoms. The fourth-order valence-corrected chi connectivity index (χ4v) is 3.05. The molecule has 2 aromatic carbocycles. The Kier molecular flexibility index (Phi) is 5.35. The molecular weight excluding hydrogens is 315 g/mol. The van der Waals surface area contributed by atoms with Crippen molar-refractivity contribution >= 4 is 0 Å². The number of alkyl halides is 3. The first-order valence-electron chi connectivity index (χ1n) is 7.78. The number of aryl methyl sites for hydroxylation is 1. The molecule has 0 aliphatic heterocycles. The van der Waals surface area contributed by atoms with Gasteiger partial charge in [0, 0.05) is 5.41 Å². The molecule has 3 N–H and O–H groups in total. The van der Waals surface area contributed by atoms with E-state index >= 15 is 0 Å². The summed E-state index contributed by atoms with van der Waals surface area (Å²) >= 11 is 0. The van der Waals surface area contributed by atoms with E-state index in [0.717, 1.165) is 23.3 Å². The minimum atomic E-state index is -4.40. The molecule has 0 aromatic heterocycles. The van der Waals surface area contributed by atoms with E-state index in [4.69, 9.17) is 5.73 Å². The highest BCUT2D eigenvalue weighted by molar-refractivity contribution is 5.35.